The van der Waals surface area contributed by atoms with Gasteiger partial charge in [0.05, 0.1) is 0 Å². The predicted octanol–water partition coefficient (Wildman–Crippen LogP) is 0.291. The van der Waals surface area contributed by atoms with E-state index >= 15 is 0 Å². The molecule has 0 rings (SSSR count). The molecule has 0 saturated carbocycles. The van der Waals surface area contributed by atoms with Crippen LogP contribution in [0.2, 0.25) is 0 Å². The first-order chi connectivity index (χ1) is 16.5. The molecule has 0 aromatic heterocycles. The van der Waals surface area contributed by atoms with Gasteiger partial charge in [-0.1, -0.05) is 20.8 Å². The molecule has 0 saturated heterocycles. The molecule has 5 amide bonds. The van der Waals surface area contributed by atoms with E-state index in [4.69, 9.17) is 0 Å². The normalized spacial score (nSPS) is 12.6. The van der Waals surface area contributed by atoms with Crippen molar-refractivity contribution < 1.29 is 24.0 Å². The van der Waals surface area contributed by atoms with E-state index in [1.165, 1.54) is 13.8 Å². The Morgan fingerprint density at radius 1 is 0.778 bits per heavy atom. The van der Waals surface area contributed by atoms with E-state index in [2.05, 4.69) is 26.6 Å². The molecular formula is C25H48N6O5. The summed E-state index contributed by atoms with van der Waals surface area (Å²) in [4.78, 5) is 64.5. The highest BCUT2D eigenvalue weighted by Gasteiger charge is 2.38. The zero-order valence-electron chi connectivity index (χ0n) is 23.6. The highest BCUT2D eigenvalue weighted by Crippen LogP contribution is 2.11. The number of hydrogen-bond donors (Lipinski definition) is 5. The van der Waals surface area contributed by atoms with E-state index in [1.807, 2.05) is 39.8 Å². The minimum absolute atomic E-state index is 0.117. The molecule has 0 aliphatic heterocycles. The Hall–Kier alpha value is -2.69. The second-order valence-corrected chi connectivity index (χ2v) is 10.9. The maximum Gasteiger partial charge on any atom is 0.246 e. The summed E-state index contributed by atoms with van der Waals surface area (Å²) in [6, 6.07) is -0.767. The molecule has 36 heavy (non-hydrogen) atoms. The number of nitrogens with one attached hydrogen (secondary N) is 5. The highest BCUT2D eigenvalue weighted by molar-refractivity contribution is 5.97. The van der Waals surface area contributed by atoms with Gasteiger partial charge in [0.1, 0.15) is 17.1 Å². The van der Waals surface area contributed by atoms with Crippen LogP contribution in [0.3, 0.4) is 0 Å². The van der Waals surface area contributed by atoms with Crippen molar-refractivity contribution in [2.75, 3.05) is 33.7 Å². The third-order valence-electron chi connectivity index (χ3n) is 5.35. The van der Waals surface area contributed by atoms with E-state index in [9.17, 15) is 24.0 Å². The first-order valence-corrected chi connectivity index (χ1v) is 12.7. The van der Waals surface area contributed by atoms with Crippen LogP contribution in [-0.4, -0.2) is 85.3 Å². The lowest BCUT2D eigenvalue weighted by molar-refractivity contribution is -0.138. The van der Waals surface area contributed by atoms with Gasteiger partial charge in [0, 0.05) is 32.5 Å². The van der Waals surface area contributed by atoms with Crippen molar-refractivity contribution in [3.63, 3.8) is 0 Å². The summed E-state index contributed by atoms with van der Waals surface area (Å²) < 4.78 is 0. The van der Waals surface area contributed by atoms with Crippen LogP contribution in [0.25, 0.3) is 0 Å². The molecule has 11 heteroatoms. The second kappa shape index (κ2) is 15.4. The van der Waals surface area contributed by atoms with Crippen LogP contribution in [0.4, 0.5) is 0 Å². The summed E-state index contributed by atoms with van der Waals surface area (Å²) in [5, 5.41) is 13.5. The summed E-state index contributed by atoms with van der Waals surface area (Å²) >= 11 is 0. The summed E-state index contributed by atoms with van der Waals surface area (Å²) in [6.45, 7) is 13.3. The van der Waals surface area contributed by atoms with Gasteiger partial charge in [-0.05, 0) is 60.5 Å². The maximum absolute atomic E-state index is 13.0. The van der Waals surface area contributed by atoms with Crippen LogP contribution in [0.15, 0.2) is 0 Å². The third-order valence-corrected chi connectivity index (χ3v) is 5.35. The Morgan fingerprint density at radius 2 is 1.36 bits per heavy atom. The Morgan fingerprint density at radius 3 is 1.89 bits per heavy atom. The van der Waals surface area contributed by atoms with Gasteiger partial charge in [-0.15, -0.1) is 0 Å². The van der Waals surface area contributed by atoms with Gasteiger partial charge in [0.25, 0.3) is 0 Å². The van der Waals surface area contributed by atoms with Crippen LogP contribution >= 0.6 is 0 Å². The van der Waals surface area contributed by atoms with Crippen LogP contribution in [0.5, 0.6) is 0 Å². The van der Waals surface area contributed by atoms with Crippen molar-refractivity contribution in [3.8, 4) is 0 Å². The fourth-order valence-corrected chi connectivity index (χ4v) is 3.16. The van der Waals surface area contributed by atoms with Crippen LogP contribution in [-0.2, 0) is 24.0 Å². The topological polar surface area (TPSA) is 149 Å². The summed E-state index contributed by atoms with van der Waals surface area (Å²) in [7, 11) is 3.82. The van der Waals surface area contributed by atoms with Crippen LogP contribution in [0.1, 0.15) is 74.1 Å². The number of amides is 5. The minimum Gasteiger partial charge on any atom is -0.355 e. The van der Waals surface area contributed by atoms with Crippen molar-refractivity contribution in [2.24, 2.45) is 5.92 Å². The Bertz CT molecular complexity index is 764. The average molecular weight is 513 g/mol. The largest absolute Gasteiger partial charge is 0.355 e. The van der Waals surface area contributed by atoms with Crippen molar-refractivity contribution in [3.05, 3.63) is 0 Å². The number of hydrogen-bond acceptors (Lipinski definition) is 6. The number of carbonyl (C=O) groups excluding carboxylic acids is 5. The van der Waals surface area contributed by atoms with Crippen molar-refractivity contribution in [2.45, 2.75) is 91.3 Å². The molecule has 0 spiro atoms. The number of likely N-dealkylation sites (N-methyl/N-ethyl adjacent to an activating group) is 1. The fraction of sp³-hybridized carbons (Fsp3) is 0.800. The molecule has 0 aromatic carbocycles. The zero-order valence-corrected chi connectivity index (χ0v) is 23.6. The molecule has 11 nitrogen and oxygen atoms in total. The molecule has 0 fully saturated rings. The smallest absolute Gasteiger partial charge is 0.246 e. The van der Waals surface area contributed by atoms with Crippen LogP contribution in [0, 0.1) is 5.92 Å². The van der Waals surface area contributed by atoms with Gasteiger partial charge in [-0.2, -0.15) is 0 Å². The predicted molar refractivity (Wildman–Crippen MR) is 140 cm³/mol. The van der Waals surface area contributed by atoms with Crippen molar-refractivity contribution >= 4 is 29.5 Å². The van der Waals surface area contributed by atoms with Gasteiger partial charge < -0.3 is 31.5 Å². The van der Waals surface area contributed by atoms with Crippen LogP contribution < -0.4 is 26.6 Å². The van der Waals surface area contributed by atoms with Crippen molar-refractivity contribution in [1.29, 1.82) is 0 Å². The monoisotopic (exact) mass is 512 g/mol. The van der Waals surface area contributed by atoms with Crippen molar-refractivity contribution in [1.82, 2.24) is 31.5 Å². The maximum atomic E-state index is 13.0. The number of carbonyl (C=O) groups is 5. The number of nitrogens with zero attached hydrogens (tertiary/aromatic N) is 1. The van der Waals surface area contributed by atoms with E-state index < -0.39 is 34.8 Å². The molecule has 208 valence electrons. The fourth-order valence-electron chi connectivity index (χ4n) is 3.16. The van der Waals surface area contributed by atoms with E-state index in [0.29, 0.717) is 32.4 Å². The first-order valence-electron chi connectivity index (χ1n) is 12.7. The van der Waals surface area contributed by atoms with Gasteiger partial charge in [-0.25, -0.2) is 0 Å². The molecule has 0 aliphatic carbocycles. The molecular weight excluding hydrogens is 464 g/mol. The second-order valence-electron chi connectivity index (χ2n) is 10.9. The average Bonchev–Trinajstić information content (AvgIpc) is 2.72. The summed E-state index contributed by atoms with van der Waals surface area (Å²) in [6.07, 6.45) is 1.52. The molecule has 0 bridgehead atoms. The highest BCUT2D eigenvalue weighted by atomic mass is 16.2. The SMILES string of the molecule is CCCC(=O)N[C@@H](CC(C)C)C(=O)NC(C)(C)C(=O)NC(C)(C)C(=O)NCCC(=O)NCCN(C)C. The van der Waals surface area contributed by atoms with Gasteiger partial charge in [0.2, 0.25) is 29.5 Å². The van der Waals surface area contributed by atoms with Gasteiger partial charge >= 0.3 is 0 Å². The molecule has 0 radical (unpaired) electrons. The lowest BCUT2D eigenvalue weighted by Crippen LogP contribution is -2.64. The molecule has 1 atom stereocenters. The molecule has 0 unspecified atom stereocenters. The third kappa shape index (κ3) is 13.4. The molecule has 5 N–H and O–H groups in total. The summed E-state index contributed by atoms with van der Waals surface area (Å²) in [5.74, 6) is -1.72. The quantitative estimate of drug-likeness (QED) is 0.201. The zero-order chi connectivity index (χ0) is 28.1. The van der Waals surface area contributed by atoms with E-state index in [-0.39, 0.29) is 30.7 Å². The molecule has 0 aliphatic rings. The van der Waals surface area contributed by atoms with Gasteiger partial charge in [0.15, 0.2) is 0 Å². The standard InChI is InChI=1S/C25H48N6O5/c1-10-11-20(33)28-18(16-17(2)3)21(34)29-25(6,7)23(36)30-24(4,5)22(35)27-13-12-19(32)26-14-15-31(8)9/h17-18H,10-16H2,1-9H3,(H,26,32)(H,27,35)(H,28,33)(H,29,34)(H,30,36)/t18-/m0/s1. The number of rotatable bonds is 16. The first kappa shape index (κ1) is 33.3. The van der Waals surface area contributed by atoms with Gasteiger partial charge in [-0.3, -0.25) is 24.0 Å². The van der Waals surface area contributed by atoms with E-state index in [1.54, 1.807) is 13.8 Å². The lowest BCUT2D eigenvalue weighted by atomic mass is 9.97. The Balaban J connectivity index is 4.94. The lowest BCUT2D eigenvalue weighted by Gasteiger charge is -2.33. The van der Waals surface area contributed by atoms with E-state index in [0.717, 1.165) is 0 Å². The minimum atomic E-state index is -1.34. The Labute approximate surface area is 216 Å². The molecule has 0 heterocycles. The summed E-state index contributed by atoms with van der Waals surface area (Å²) in [5.41, 5.74) is -2.63. The Kier molecular flexibility index (Phi) is 14.3. The molecule has 0 aromatic rings.